The molecule has 0 spiro atoms. The summed E-state index contributed by atoms with van der Waals surface area (Å²) in [5, 5.41) is 8.86. The molecule has 110 valence electrons. The van der Waals surface area contributed by atoms with Crippen LogP contribution in [0.15, 0.2) is 18.2 Å². The van der Waals surface area contributed by atoms with E-state index in [9.17, 15) is 18.0 Å². The molecule has 1 aromatic rings. The third-order valence-corrected chi connectivity index (χ3v) is 3.28. The molecule has 1 aliphatic rings. The molecule has 0 saturated carbocycles. The van der Waals surface area contributed by atoms with Crippen LogP contribution < -0.4 is 4.74 Å². The van der Waals surface area contributed by atoms with Gasteiger partial charge in [0.2, 0.25) is 0 Å². The minimum atomic E-state index is -4.48. The minimum Gasteiger partial charge on any atom is -0.487 e. The van der Waals surface area contributed by atoms with Gasteiger partial charge in [-0.05, 0) is 18.2 Å². The van der Waals surface area contributed by atoms with Crippen LogP contribution in [-0.2, 0) is 6.18 Å². The van der Waals surface area contributed by atoms with Crippen LogP contribution in [0.5, 0.6) is 5.75 Å². The van der Waals surface area contributed by atoms with Crippen molar-refractivity contribution in [3.63, 3.8) is 0 Å². The number of rotatable bonds is 2. The summed E-state index contributed by atoms with van der Waals surface area (Å²) in [5.41, 5.74) is -0.856. The van der Waals surface area contributed by atoms with E-state index in [1.54, 1.807) is 0 Å². The maximum absolute atomic E-state index is 12.6. The maximum Gasteiger partial charge on any atom is 0.416 e. The van der Waals surface area contributed by atoms with Crippen molar-refractivity contribution in [2.45, 2.75) is 18.7 Å². The van der Waals surface area contributed by atoms with Crippen molar-refractivity contribution in [1.29, 1.82) is 0 Å². The molecule has 4 nitrogen and oxygen atoms in total. The van der Waals surface area contributed by atoms with Gasteiger partial charge in [-0.1, -0.05) is 11.6 Å². The Morgan fingerprint density at radius 2 is 2.15 bits per heavy atom. The van der Waals surface area contributed by atoms with E-state index in [1.165, 1.54) is 0 Å². The fourth-order valence-electron chi connectivity index (χ4n) is 1.95. The Hall–Kier alpha value is -1.63. The molecule has 1 heterocycles. The van der Waals surface area contributed by atoms with E-state index in [-0.39, 0.29) is 23.9 Å². The Morgan fingerprint density at radius 3 is 2.70 bits per heavy atom. The van der Waals surface area contributed by atoms with E-state index in [0.29, 0.717) is 6.42 Å². The highest BCUT2D eigenvalue weighted by Crippen LogP contribution is 2.35. The van der Waals surface area contributed by atoms with Crippen molar-refractivity contribution < 1.29 is 27.8 Å². The summed E-state index contributed by atoms with van der Waals surface area (Å²) in [6.07, 6.45) is -5.64. The predicted molar refractivity (Wildman–Crippen MR) is 65.1 cm³/mol. The zero-order chi connectivity index (χ0) is 14.9. The highest BCUT2D eigenvalue weighted by atomic mass is 35.5. The number of amides is 1. The summed E-state index contributed by atoms with van der Waals surface area (Å²) in [4.78, 5) is 11.9. The lowest BCUT2D eigenvalue weighted by atomic mass is 10.2. The number of likely N-dealkylation sites (tertiary alicyclic amines) is 1. The number of hydrogen-bond acceptors (Lipinski definition) is 2. The zero-order valence-corrected chi connectivity index (χ0v) is 10.9. The van der Waals surface area contributed by atoms with Crippen molar-refractivity contribution in [2.24, 2.45) is 0 Å². The maximum atomic E-state index is 12.6. The lowest BCUT2D eigenvalue weighted by Gasteiger charge is -2.17. The van der Waals surface area contributed by atoms with Gasteiger partial charge in [-0.15, -0.1) is 0 Å². The lowest BCUT2D eigenvalue weighted by Crippen LogP contribution is -2.29. The fraction of sp³-hybridized carbons (Fsp3) is 0.417. The van der Waals surface area contributed by atoms with Gasteiger partial charge >= 0.3 is 12.3 Å². The average molecular weight is 310 g/mol. The molecule has 20 heavy (non-hydrogen) atoms. The highest BCUT2D eigenvalue weighted by molar-refractivity contribution is 6.32. The number of carboxylic acid groups (broad SMARTS) is 1. The summed E-state index contributed by atoms with van der Waals surface area (Å²) in [5.74, 6) is -0.0845. The second-order valence-electron chi connectivity index (χ2n) is 4.40. The summed E-state index contributed by atoms with van der Waals surface area (Å²) >= 11 is 5.80. The van der Waals surface area contributed by atoms with Gasteiger partial charge in [0.15, 0.2) is 0 Å². The van der Waals surface area contributed by atoms with Crippen LogP contribution in [0.1, 0.15) is 12.0 Å². The lowest BCUT2D eigenvalue weighted by molar-refractivity contribution is -0.137. The number of benzene rings is 1. The predicted octanol–water partition coefficient (Wildman–Crippen LogP) is 3.49. The molecule has 2 rings (SSSR count). The van der Waals surface area contributed by atoms with E-state index >= 15 is 0 Å². The van der Waals surface area contributed by atoms with Gasteiger partial charge in [-0.3, -0.25) is 0 Å². The highest BCUT2D eigenvalue weighted by Gasteiger charge is 2.32. The summed E-state index contributed by atoms with van der Waals surface area (Å²) < 4.78 is 43.2. The number of carbonyl (C=O) groups is 1. The fourth-order valence-corrected chi connectivity index (χ4v) is 2.11. The Bertz CT molecular complexity index is 521. The third-order valence-electron chi connectivity index (χ3n) is 2.97. The van der Waals surface area contributed by atoms with Crippen LogP contribution >= 0.6 is 11.6 Å². The van der Waals surface area contributed by atoms with E-state index in [4.69, 9.17) is 21.4 Å². The van der Waals surface area contributed by atoms with Gasteiger partial charge in [-0.25, -0.2) is 4.79 Å². The minimum absolute atomic E-state index is 0.0618. The standard InChI is InChI=1S/C12H11ClF3NO3/c13-9-2-1-7(12(14,15)16)5-10(9)20-8-3-4-17(6-8)11(18)19/h1-2,5,8H,3-4,6H2,(H,18,19)/t8-/m0/s1. The zero-order valence-electron chi connectivity index (χ0n) is 10.2. The second kappa shape index (κ2) is 5.40. The number of nitrogens with zero attached hydrogens (tertiary/aromatic N) is 1. The van der Waals surface area contributed by atoms with Crippen molar-refractivity contribution in [3.05, 3.63) is 28.8 Å². The number of halogens is 4. The van der Waals surface area contributed by atoms with Crippen molar-refractivity contribution in [2.75, 3.05) is 13.1 Å². The van der Waals surface area contributed by atoms with E-state index < -0.39 is 23.9 Å². The molecule has 1 aromatic carbocycles. The Kier molecular flexibility index (Phi) is 3.99. The first-order valence-corrected chi connectivity index (χ1v) is 6.16. The summed E-state index contributed by atoms with van der Waals surface area (Å²) in [6, 6.07) is 2.81. The Balaban J connectivity index is 2.12. The Labute approximate surface area is 117 Å². The normalized spacial score (nSPS) is 19.2. The smallest absolute Gasteiger partial charge is 0.416 e. The largest absolute Gasteiger partial charge is 0.487 e. The molecule has 0 radical (unpaired) electrons. The molecule has 1 saturated heterocycles. The van der Waals surface area contributed by atoms with Crippen molar-refractivity contribution >= 4 is 17.7 Å². The van der Waals surface area contributed by atoms with Crippen molar-refractivity contribution in [1.82, 2.24) is 4.90 Å². The van der Waals surface area contributed by atoms with Crippen LogP contribution in [0.2, 0.25) is 5.02 Å². The molecule has 0 unspecified atom stereocenters. The molecule has 1 atom stereocenters. The summed E-state index contributed by atoms with van der Waals surface area (Å²) in [6.45, 7) is 0.401. The van der Waals surface area contributed by atoms with Crippen LogP contribution in [0.25, 0.3) is 0 Å². The number of ether oxygens (including phenoxy) is 1. The Morgan fingerprint density at radius 1 is 1.45 bits per heavy atom. The molecule has 8 heteroatoms. The SMILES string of the molecule is O=C(O)N1CC[C@H](Oc2cc(C(F)(F)F)ccc2Cl)C1. The van der Waals surface area contributed by atoms with Gasteiger partial charge in [0.1, 0.15) is 11.9 Å². The van der Waals surface area contributed by atoms with E-state index in [0.717, 1.165) is 23.1 Å². The first kappa shape index (κ1) is 14.8. The topological polar surface area (TPSA) is 49.8 Å². The van der Waals surface area contributed by atoms with Gasteiger partial charge < -0.3 is 14.7 Å². The number of alkyl halides is 3. The molecule has 1 N–H and O–H groups in total. The molecule has 1 amide bonds. The molecule has 1 fully saturated rings. The van der Waals surface area contributed by atoms with Crippen LogP contribution in [0.4, 0.5) is 18.0 Å². The number of hydrogen-bond donors (Lipinski definition) is 1. The molecular formula is C12H11ClF3NO3. The van der Waals surface area contributed by atoms with E-state index in [2.05, 4.69) is 0 Å². The second-order valence-corrected chi connectivity index (χ2v) is 4.81. The third kappa shape index (κ3) is 3.27. The quantitative estimate of drug-likeness (QED) is 0.910. The molecule has 0 aromatic heterocycles. The van der Waals surface area contributed by atoms with E-state index in [1.807, 2.05) is 0 Å². The molecule has 0 bridgehead atoms. The van der Waals surface area contributed by atoms with Crippen LogP contribution in [0, 0.1) is 0 Å². The monoisotopic (exact) mass is 309 g/mol. The van der Waals surface area contributed by atoms with Gasteiger partial charge in [-0.2, -0.15) is 13.2 Å². The van der Waals surface area contributed by atoms with Gasteiger partial charge in [0.05, 0.1) is 17.1 Å². The van der Waals surface area contributed by atoms with Crippen LogP contribution in [0.3, 0.4) is 0 Å². The van der Waals surface area contributed by atoms with Gasteiger partial charge in [0.25, 0.3) is 0 Å². The van der Waals surface area contributed by atoms with Gasteiger partial charge in [0, 0.05) is 13.0 Å². The van der Waals surface area contributed by atoms with Crippen molar-refractivity contribution in [3.8, 4) is 5.75 Å². The average Bonchev–Trinajstić information content (AvgIpc) is 2.79. The molecule has 1 aliphatic heterocycles. The first-order chi connectivity index (χ1) is 9.27. The molecular weight excluding hydrogens is 299 g/mol. The first-order valence-electron chi connectivity index (χ1n) is 5.78. The van der Waals surface area contributed by atoms with Crippen LogP contribution in [-0.4, -0.2) is 35.3 Å². The summed E-state index contributed by atoms with van der Waals surface area (Å²) in [7, 11) is 0. The molecule has 0 aliphatic carbocycles.